The molecule has 28 heavy (non-hydrogen) atoms. The molecule has 2 aromatic heterocycles. The van der Waals surface area contributed by atoms with E-state index in [9.17, 15) is 14.9 Å². The summed E-state index contributed by atoms with van der Waals surface area (Å²) in [4.78, 5) is 31.6. The predicted molar refractivity (Wildman–Crippen MR) is 105 cm³/mol. The molecule has 1 amide bonds. The van der Waals surface area contributed by atoms with Crippen molar-refractivity contribution in [2.24, 2.45) is 0 Å². The Hall–Kier alpha value is -2.91. The predicted octanol–water partition coefficient (Wildman–Crippen LogP) is 2.72. The number of pyridine rings is 1. The van der Waals surface area contributed by atoms with Crippen molar-refractivity contribution >= 4 is 28.6 Å². The standard InChI is InChI=1S/C18H26N6O4/c1-6-23-16(24(26)27)13-11-14(12(2)19-15(13)20-23)21-7-9-22(10-8-21)17(25)28-18(3,4)5/h11H,6-10H2,1-5H3. The molecule has 0 aliphatic carbocycles. The molecule has 0 spiro atoms. The molecule has 0 atom stereocenters. The zero-order valence-electron chi connectivity index (χ0n) is 16.9. The van der Waals surface area contributed by atoms with Gasteiger partial charge in [0.25, 0.3) is 0 Å². The number of aromatic nitrogens is 3. The fraction of sp³-hybridized carbons (Fsp3) is 0.611. The van der Waals surface area contributed by atoms with Crippen LogP contribution in [0.15, 0.2) is 6.07 Å². The number of nitrogens with zero attached hydrogens (tertiary/aromatic N) is 6. The number of nitro groups is 1. The lowest BCUT2D eigenvalue weighted by atomic mass is 10.2. The van der Waals surface area contributed by atoms with E-state index in [0.29, 0.717) is 43.8 Å². The molecule has 0 saturated carbocycles. The van der Waals surface area contributed by atoms with E-state index in [1.807, 2.05) is 34.6 Å². The largest absolute Gasteiger partial charge is 0.444 e. The Morgan fingerprint density at radius 3 is 2.46 bits per heavy atom. The van der Waals surface area contributed by atoms with Crippen LogP contribution in [0.25, 0.3) is 11.0 Å². The molecule has 10 nitrogen and oxygen atoms in total. The summed E-state index contributed by atoms with van der Waals surface area (Å²) >= 11 is 0. The first kappa shape index (κ1) is 19.8. The molecule has 1 aliphatic heterocycles. The Balaban J connectivity index is 1.83. The summed E-state index contributed by atoms with van der Waals surface area (Å²) in [5.41, 5.74) is 1.43. The smallest absolute Gasteiger partial charge is 0.410 e. The number of rotatable bonds is 3. The topological polar surface area (TPSA) is 107 Å². The van der Waals surface area contributed by atoms with E-state index in [0.717, 1.165) is 11.4 Å². The maximum atomic E-state index is 12.2. The highest BCUT2D eigenvalue weighted by Crippen LogP contribution is 2.31. The highest BCUT2D eigenvalue weighted by molar-refractivity contribution is 5.87. The molecule has 10 heteroatoms. The average Bonchev–Trinajstić information content (AvgIpc) is 2.97. The van der Waals surface area contributed by atoms with Crippen LogP contribution in [0.1, 0.15) is 33.4 Å². The van der Waals surface area contributed by atoms with Gasteiger partial charge < -0.3 is 24.7 Å². The van der Waals surface area contributed by atoms with Crippen molar-refractivity contribution in [1.29, 1.82) is 0 Å². The second-order valence-corrected chi connectivity index (χ2v) is 7.81. The average molecular weight is 390 g/mol. The molecule has 0 bridgehead atoms. The molecule has 0 radical (unpaired) electrons. The van der Waals surface area contributed by atoms with Crippen molar-refractivity contribution in [1.82, 2.24) is 19.7 Å². The van der Waals surface area contributed by atoms with Crippen LogP contribution in [0.4, 0.5) is 16.3 Å². The number of ether oxygens (including phenoxy) is 1. The van der Waals surface area contributed by atoms with Crippen molar-refractivity contribution in [2.75, 3.05) is 31.1 Å². The van der Waals surface area contributed by atoms with Gasteiger partial charge in [0.1, 0.15) is 17.5 Å². The van der Waals surface area contributed by atoms with Gasteiger partial charge in [0.2, 0.25) is 5.65 Å². The molecule has 1 fully saturated rings. The van der Waals surface area contributed by atoms with Gasteiger partial charge in [-0.15, -0.1) is 4.68 Å². The SMILES string of the molecule is CCn1nc2nc(C)c(N3CCN(C(=O)OC(C)(C)C)CC3)cc2c1[N+](=O)[O-]. The highest BCUT2D eigenvalue weighted by atomic mass is 16.6. The molecule has 1 aliphatic rings. The van der Waals surface area contributed by atoms with Gasteiger partial charge in [0.15, 0.2) is 0 Å². The number of amides is 1. The van der Waals surface area contributed by atoms with Crippen LogP contribution in [0.5, 0.6) is 0 Å². The zero-order chi connectivity index (χ0) is 20.6. The third-order valence-corrected chi connectivity index (χ3v) is 4.61. The quantitative estimate of drug-likeness (QED) is 0.586. The summed E-state index contributed by atoms with van der Waals surface area (Å²) in [6.45, 7) is 11.8. The van der Waals surface area contributed by atoms with E-state index >= 15 is 0 Å². The van der Waals surface area contributed by atoms with Crippen molar-refractivity contribution in [3.05, 3.63) is 21.9 Å². The minimum atomic E-state index is -0.530. The minimum Gasteiger partial charge on any atom is -0.444 e. The summed E-state index contributed by atoms with van der Waals surface area (Å²) in [5, 5.41) is 16.2. The Morgan fingerprint density at radius 1 is 1.29 bits per heavy atom. The molecule has 0 unspecified atom stereocenters. The van der Waals surface area contributed by atoms with Crippen molar-refractivity contribution in [3.63, 3.8) is 0 Å². The van der Waals surface area contributed by atoms with Gasteiger partial charge in [-0.2, -0.15) is 0 Å². The maximum absolute atomic E-state index is 12.2. The fourth-order valence-electron chi connectivity index (χ4n) is 3.31. The van der Waals surface area contributed by atoms with E-state index in [4.69, 9.17) is 4.74 Å². The summed E-state index contributed by atoms with van der Waals surface area (Å²) < 4.78 is 6.79. The first-order valence-corrected chi connectivity index (χ1v) is 9.36. The van der Waals surface area contributed by atoms with Gasteiger partial charge in [-0.25, -0.2) is 9.78 Å². The maximum Gasteiger partial charge on any atom is 0.410 e. The number of aryl methyl sites for hydroxylation is 2. The fourth-order valence-corrected chi connectivity index (χ4v) is 3.31. The second-order valence-electron chi connectivity index (χ2n) is 7.81. The van der Waals surface area contributed by atoms with E-state index in [1.165, 1.54) is 4.68 Å². The number of carbonyl (C=O) groups is 1. The van der Waals surface area contributed by atoms with Gasteiger partial charge in [-0.3, -0.25) is 0 Å². The third kappa shape index (κ3) is 3.85. The van der Waals surface area contributed by atoms with Crippen LogP contribution in [0.3, 0.4) is 0 Å². The first-order valence-electron chi connectivity index (χ1n) is 9.36. The van der Waals surface area contributed by atoms with Crippen molar-refractivity contribution in [3.8, 4) is 0 Å². The van der Waals surface area contributed by atoms with Crippen LogP contribution < -0.4 is 4.90 Å². The number of fused-ring (bicyclic) bond motifs is 1. The molecule has 2 aromatic rings. The molecule has 3 rings (SSSR count). The Bertz CT molecular complexity index is 909. The molecule has 3 heterocycles. The van der Waals surface area contributed by atoms with Crippen molar-refractivity contribution in [2.45, 2.75) is 46.8 Å². The van der Waals surface area contributed by atoms with Crippen LogP contribution >= 0.6 is 0 Å². The summed E-state index contributed by atoms with van der Waals surface area (Å²) in [7, 11) is 0. The van der Waals surface area contributed by atoms with Crippen LogP contribution in [0, 0.1) is 17.0 Å². The van der Waals surface area contributed by atoms with Crippen LogP contribution in [0.2, 0.25) is 0 Å². The van der Waals surface area contributed by atoms with E-state index < -0.39 is 10.5 Å². The lowest BCUT2D eigenvalue weighted by molar-refractivity contribution is -0.390. The Labute approximate surface area is 163 Å². The third-order valence-electron chi connectivity index (χ3n) is 4.61. The van der Waals surface area contributed by atoms with Gasteiger partial charge in [-0.1, -0.05) is 5.10 Å². The zero-order valence-corrected chi connectivity index (χ0v) is 16.9. The van der Waals surface area contributed by atoms with Gasteiger partial charge in [0, 0.05) is 26.2 Å². The number of piperazine rings is 1. The van der Waals surface area contributed by atoms with Crippen molar-refractivity contribution < 1.29 is 14.5 Å². The summed E-state index contributed by atoms with van der Waals surface area (Å²) in [6.07, 6.45) is -0.322. The number of anilines is 1. The number of hydrogen-bond acceptors (Lipinski definition) is 7. The Kier molecular flexibility index (Phi) is 5.14. The first-order chi connectivity index (χ1) is 13.1. The molecule has 1 saturated heterocycles. The molecule has 0 N–H and O–H groups in total. The summed E-state index contributed by atoms with van der Waals surface area (Å²) in [6, 6.07) is 1.79. The van der Waals surface area contributed by atoms with Gasteiger partial charge in [0.05, 0.1) is 11.4 Å². The molecular weight excluding hydrogens is 364 g/mol. The monoisotopic (exact) mass is 390 g/mol. The number of hydrogen-bond donors (Lipinski definition) is 0. The number of carbonyl (C=O) groups excluding carboxylic acids is 1. The molecule has 152 valence electrons. The lowest BCUT2D eigenvalue weighted by Crippen LogP contribution is -2.50. The highest BCUT2D eigenvalue weighted by Gasteiger charge is 2.28. The normalized spacial score (nSPS) is 15.2. The van der Waals surface area contributed by atoms with Crippen LogP contribution in [-0.4, -0.2) is 62.5 Å². The van der Waals surface area contributed by atoms with E-state index in [1.54, 1.807) is 11.0 Å². The van der Waals surface area contributed by atoms with E-state index in [-0.39, 0.29) is 11.9 Å². The summed E-state index contributed by atoms with van der Waals surface area (Å²) in [5.74, 6) is -0.0429. The van der Waals surface area contributed by atoms with Gasteiger partial charge in [-0.05, 0) is 45.6 Å². The molecule has 0 aromatic carbocycles. The second kappa shape index (κ2) is 7.25. The van der Waals surface area contributed by atoms with E-state index in [2.05, 4.69) is 15.0 Å². The Morgan fingerprint density at radius 2 is 1.93 bits per heavy atom. The van der Waals surface area contributed by atoms with Crippen LogP contribution in [-0.2, 0) is 11.3 Å². The minimum absolute atomic E-state index is 0.0429. The lowest BCUT2D eigenvalue weighted by Gasteiger charge is -2.37. The molecular formula is C18H26N6O4. The van der Waals surface area contributed by atoms with Gasteiger partial charge >= 0.3 is 11.9 Å².